The van der Waals surface area contributed by atoms with Crippen LogP contribution in [0.2, 0.25) is 0 Å². The molecule has 0 radical (unpaired) electrons. The highest BCUT2D eigenvalue weighted by Crippen LogP contribution is 2.29. The van der Waals surface area contributed by atoms with Gasteiger partial charge < -0.3 is 14.6 Å². The molecule has 0 bridgehead atoms. The van der Waals surface area contributed by atoms with E-state index >= 15 is 0 Å². The van der Waals surface area contributed by atoms with Gasteiger partial charge in [-0.05, 0) is 37.8 Å². The van der Waals surface area contributed by atoms with E-state index in [0.717, 1.165) is 0 Å². The first kappa shape index (κ1) is 16.1. The lowest BCUT2D eigenvalue weighted by molar-refractivity contribution is 0.120. The van der Waals surface area contributed by atoms with Crippen LogP contribution < -0.4 is 14.2 Å². The second-order valence-corrected chi connectivity index (χ2v) is 6.83. The topological polar surface area (TPSA) is 84.9 Å². The minimum absolute atomic E-state index is 0.0653. The number of hydrogen-bond donors (Lipinski definition) is 2. The van der Waals surface area contributed by atoms with Crippen molar-refractivity contribution in [1.29, 1.82) is 0 Å². The highest BCUT2D eigenvalue weighted by Gasteiger charge is 2.27. The van der Waals surface area contributed by atoms with Gasteiger partial charge in [0.15, 0.2) is 0 Å². The van der Waals surface area contributed by atoms with Crippen molar-refractivity contribution in [3.05, 3.63) is 18.2 Å². The van der Waals surface area contributed by atoms with Crippen LogP contribution in [0.1, 0.15) is 25.7 Å². The smallest absolute Gasteiger partial charge is 0.244 e. The summed E-state index contributed by atoms with van der Waals surface area (Å²) in [5.41, 5.74) is 0. The Bertz CT molecular complexity index is 579. The van der Waals surface area contributed by atoms with Crippen LogP contribution in [-0.4, -0.2) is 39.9 Å². The van der Waals surface area contributed by atoms with Crippen LogP contribution in [0.4, 0.5) is 0 Å². The van der Waals surface area contributed by atoms with Gasteiger partial charge in [-0.15, -0.1) is 0 Å². The van der Waals surface area contributed by atoms with Crippen LogP contribution in [-0.2, 0) is 10.0 Å². The summed E-state index contributed by atoms with van der Waals surface area (Å²) >= 11 is 0. The summed E-state index contributed by atoms with van der Waals surface area (Å²) in [5.74, 6) is 0.731. The standard InChI is InChI=1S/C14H21NO5S/c1-19-12-7-8-13(20-2)14(9-12)21(17,18)15-10-3-5-11(16)6-4-10/h7-11,15-16H,3-6H2,1-2H3. The molecule has 1 fully saturated rings. The molecule has 0 aromatic heterocycles. The molecule has 0 saturated heterocycles. The fourth-order valence-corrected chi connectivity index (χ4v) is 3.96. The minimum Gasteiger partial charge on any atom is -0.497 e. The Hall–Kier alpha value is -1.31. The zero-order chi connectivity index (χ0) is 15.5. The van der Waals surface area contributed by atoms with Crippen molar-refractivity contribution in [2.45, 2.75) is 42.7 Å². The Labute approximate surface area is 125 Å². The van der Waals surface area contributed by atoms with Gasteiger partial charge in [-0.25, -0.2) is 13.1 Å². The first-order valence-corrected chi connectivity index (χ1v) is 8.37. The monoisotopic (exact) mass is 315 g/mol. The van der Waals surface area contributed by atoms with E-state index in [1.807, 2.05) is 0 Å². The second-order valence-electron chi connectivity index (χ2n) is 5.14. The van der Waals surface area contributed by atoms with Gasteiger partial charge in [0.05, 0.1) is 20.3 Å². The zero-order valence-corrected chi connectivity index (χ0v) is 13.0. The Balaban J connectivity index is 2.22. The van der Waals surface area contributed by atoms with Gasteiger partial charge in [0.1, 0.15) is 16.4 Å². The van der Waals surface area contributed by atoms with E-state index in [-0.39, 0.29) is 22.8 Å². The van der Waals surface area contributed by atoms with E-state index in [2.05, 4.69) is 4.72 Å². The molecule has 2 N–H and O–H groups in total. The maximum absolute atomic E-state index is 12.5. The summed E-state index contributed by atoms with van der Waals surface area (Å²) in [6.45, 7) is 0. The molecule has 1 aromatic rings. The normalized spacial score (nSPS) is 22.8. The summed E-state index contributed by atoms with van der Waals surface area (Å²) < 4.78 is 37.9. The molecular weight excluding hydrogens is 294 g/mol. The molecule has 0 aliphatic heterocycles. The summed E-state index contributed by atoms with van der Waals surface area (Å²) in [6.07, 6.45) is 2.17. The van der Waals surface area contributed by atoms with Gasteiger partial charge in [0.25, 0.3) is 0 Å². The quantitative estimate of drug-likeness (QED) is 0.855. The van der Waals surface area contributed by atoms with E-state index < -0.39 is 10.0 Å². The Morgan fingerprint density at radius 2 is 1.81 bits per heavy atom. The molecule has 1 aliphatic carbocycles. The summed E-state index contributed by atoms with van der Waals surface area (Å²) in [5, 5.41) is 9.48. The maximum Gasteiger partial charge on any atom is 0.244 e. The SMILES string of the molecule is COc1ccc(OC)c(S(=O)(=O)NC2CCC(O)CC2)c1. The van der Waals surface area contributed by atoms with Crippen LogP contribution >= 0.6 is 0 Å². The number of benzene rings is 1. The Morgan fingerprint density at radius 3 is 2.38 bits per heavy atom. The van der Waals surface area contributed by atoms with Gasteiger partial charge in [-0.1, -0.05) is 0 Å². The molecule has 1 aliphatic rings. The highest BCUT2D eigenvalue weighted by atomic mass is 32.2. The molecule has 21 heavy (non-hydrogen) atoms. The summed E-state index contributed by atoms with van der Waals surface area (Å²) in [4.78, 5) is 0.0653. The Kier molecular flexibility index (Phi) is 5.08. The van der Waals surface area contributed by atoms with Gasteiger partial charge >= 0.3 is 0 Å². The molecule has 0 amide bonds. The number of methoxy groups -OCH3 is 2. The molecule has 0 spiro atoms. The van der Waals surface area contributed by atoms with Gasteiger partial charge in [0, 0.05) is 12.1 Å². The molecule has 0 atom stereocenters. The average Bonchev–Trinajstić information content (AvgIpc) is 2.48. The van der Waals surface area contributed by atoms with E-state index in [4.69, 9.17) is 9.47 Å². The number of nitrogens with one attached hydrogen (secondary N) is 1. The van der Waals surface area contributed by atoms with E-state index in [9.17, 15) is 13.5 Å². The average molecular weight is 315 g/mol. The van der Waals surface area contributed by atoms with Gasteiger partial charge in [-0.3, -0.25) is 0 Å². The van der Waals surface area contributed by atoms with Crippen LogP contribution in [0, 0.1) is 0 Å². The third kappa shape index (κ3) is 3.87. The van der Waals surface area contributed by atoms with Gasteiger partial charge in [0.2, 0.25) is 10.0 Å². The molecular formula is C14H21NO5S. The highest BCUT2D eigenvalue weighted by molar-refractivity contribution is 7.89. The number of hydrogen-bond acceptors (Lipinski definition) is 5. The largest absolute Gasteiger partial charge is 0.497 e. The van der Waals surface area contributed by atoms with E-state index in [1.54, 1.807) is 12.1 Å². The van der Waals surface area contributed by atoms with Crippen LogP contribution in [0.25, 0.3) is 0 Å². The lowest BCUT2D eigenvalue weighted by atomic mass is 9.94. The molecule has 118 valence electrons. The number of sulfonamides is 1. The van der Waals surface area contributed by atoms with Crippen LogP contribution in [0.3, 0.4) is 0 Å². The van der Waals surface area contributed by atoms with Crippen molar-refractivity contribution < 1.29 is 23.0 Å². The first-order valence-electron chi connectivity index (χ1n) is 6.88. The zero-order valence-electron chi connectivity index (χ0n) is 12.2. The van der Waals surface area contributed by atoms with E-state index in [1.165, 1.54) is 20.3 Å². The molecule has 0 unspecified atom stereocenters. The summed E-state index contributed by atoms with van der Waals surface area (Å²) in [7, 11) is -0.781. The maximum atomic E-state index is 12.5. The molecule has 1 aromatic carbocycles. The first-order chi connectivity index (χ1) is 9.96. The van der Waals surface area contributed by atoms with Crippen molar-refractivity contribution in [2.75, 3.05) is 14.2 Å². The van der Waals surface area contributed by atoms with Crippen molar-refractivity contribution >= 4 is 10.0 Å². The van der Waals surface area contributed by atoms with E-state index in [0.29, 0.717) is 31.4 Å². The lowest BCUT2D eigenvalue weighted by Crippen LogP contribution is -2.38. The fraction of sp³-hybridized carbons (Fsp3) is 0.571. The number of aliphatic hydroxyl groups excluding tert-OH is 1. The lowest BCUT2D eigenvalue weighted by Gasteiger charge is -2.26. The molecule has 7 heteroatoms. The molecule has 1 saturated carbocycles. The number of ether oxygens (including phenoxy) is 2. The second kappa shape index (κ2) is 6.64. The van der Waals surface area contributed by atoms with Crippen LogP contribution in [0.15, 0.2) is 23.1 Å². The van der Waals surface area contributed by atoms with Crippen LogP contribution in [0.5, 0.6) is 11.5 Å². The molecule has 0 heterocycles. The van der Waals surface area contributed by atoms with Crippen molar-refractivity contribution in [1.82, 2.24) is 4.72 Å². The fourth-order valence-electron chi connectivity index (χ4n) is 2.47. The van der Waals surface area contributed by atoms with Crippen molar-refractivity contribution in [3.8, 4) is 11.5 Å². The van der Waals surface area contributed by atoms with Crippen molar-refractivity contribution in [2.24, 2.45) is 0 Å². The van der Waals surface area contributed by atoms with Crippen molar-refractivity contribution in [3.63, 3.8) is 0 Å². The Morgan fingerprint density at radius 1 is 1.14 bits per heavy atom. The predicted molar refractivity (Wildman–Crippen MR) is 78.1 cm³/mol. The summed E-state index contributed by atoms with van der Waals surface area (Å²) in [6, 6.07) is 4.50. The molecule has 6 nitrogen and oxygen atoms in total. The predicted octanol–water partition coefficient (Wildman–Crippen LogP) is 1.29. The molecule has 2 rings (SSSR count). The third-order valence-corrected chi connectivity index (χ3v) is 5.22. The van der Waals surface area contributed by atoms with Gasteiger partial charge in [-0.2, -0.15) is 0 Å². The number of rotatable bonds is 5. The number of aliphatic hydroxyl groups is 1. The third-order valence-electron chi connectivity index (χ3n) is 3.68. The minimum atomic E-state index is -3.69.